The van der Waals surface area contributed by atoms with Crippen LogP contribution in [0.3, 0.4) is 0 Å². The van der Waals surface area contributed by atoms with Crippen molar-refractivity contribution in [1.82, 2.24) is 10.2 Å². The molecule has 25 heavy (non-hydrogen) atoms. The monoisotopic (exact) mass is 346 g/mol. The Morgan fingerprint density at radius 3 is 2.12 bits per heavy atom. The number of allylic oxidation sites excluding steroid dienone is 2. The number of imide groups is 1. The molecule has 2 aliphatic carbocycles. The fourth-order valence-electron chi connectivity index (χ4n) is 4.39. The molecule has 0 radical (unpaired) electrons. The van der Waals surface area contributed by atoms with Crippen molar-refractivity contribution in [2.24, 2.45) is 11.8 Å². The molecule has 3 rings (SSSR count). The normalized spacial score (nSPS) is 27.8. The quantitative estimate of drug-likeness (QED) is 0.615. The van der Waals surface area contributed by atoms with Crippen LogP contribution in [-0.4, -0.2) is 35.2 Å². The number of hydrogen-bond donors (Lipinski definition) is 1. The molecule has 1 saturated carbocycles. The van der Waals surface area contributed by atoms with E-state index in [2.05, 4.69) is 5.32 Å². The van der Waals surface area contributed by atoms with E-state index in [-0.39, 0.29) is 29.6 Å². The van der Waals surface area contributed by atoms with Gasteiger partial charge in [0.2, 0.25) is 17.7 Å². The Kier molecular flexibility index (Phi) is 6.27. The molecular formula is C20H30N2O3. The second-order valence-corrected chi connectivity index (χ2v) is 7.70. The Hall–Kier alpha value is -1.65. The first-order chi connectivity index (χ1) is 12.2. The summed E-state index contributed by atoms with van der Waals surface area (Å²) in [5, 5.41) is 3.15. The molecule has 0 aromatic carbocycles. The average Bonchev–Trinajstić information content (AvgIpc) is 2.82. The van der Waals surface area contributed by atoms with Gasteiger partial charge in [0.1, 0.15) is 0 Å². The minimum absolute atomic E-state index is 0.0419. The van der Waals surface area contributed by atoms with Crippen LogP contribution >= 0.6 is 0 Å². The Morgan fingerprint density at radius 1 is 0.960 bits per heavy atom. The molecule has 3 aliphatic rings. The number of hydrogen-bond acceptors (Lipinski definition) is 3. The summed E-state index contributed by atoms with van der Waals surface area (Å²) in [7, 11) is 0. The van der Waals surface area contributed by atoms with Crippen LogP contribution in [0.4, 0.5) is 0 Å². The Labute approximate surface area is 150 Å². The molecule has 2 atom stereocenters. The van der Waals surface area contributed by atoms with Gasteiger partial charge in [0.05, 0.1) is 11.8 Å². The largest absolute Gasteiger partial charge is 0.353 e. The van der Waals surface area contributed by atoms with Crippen LogP contribution in [0.2, 0.25) is 0 Å². The molecule has 138 valence electrons. The van der Waals surface area contributed by atoms with E-state index in [0.717, 1.165) is 12.8 Å². The highest BCUT2D eigenvalue weighted by atomic mass is 16.2. The lowest BCUT2D eigenvalue weighted by molar-refractivity contribution is -0.140. The van der Waals surface area contributed by atoms with Crippen molar-refractivity contribution in [1.29, 1.82) is 0 Å². The van der Waals surface area contributed by atoms with Gasteiger partial charge in [-0.15, -0.1) is 0 Å². The summed E-state index contributed by atoms with van der Waals surface area (Å²) < 4.78 is 0. The van der Waals surface area contributed by atoms with Crippen molar-refractivity contribution in [3.05, 3.63) is 12.2 Å². The third kappa shape index (κ3) is 4.50. The van der Waals surface area contributed by atoms with Crippen molar-refractivity contribution in [2.45, 2.75) is 76.7 Å². The van der Waals surface area contributed by atoms with Crippen molar-refractivity contribution in [3.8, 4) is 0 Å². The van der Waals surface area contributed by atoms with Crippen LogP contribution in [0.25, 0.3) is 0 Å². The number of rotatable bonds is 5. The molecule has 0 aromatic heterocycles. The van der Waals surface area contributed by atoms with Crippen molar-refractivity contribution in [2.75, 3.05) is 6.54 Å². The number of amides is 3. The van der Waals surface area contributed by atoms with E-state index in [9.17, 15) is 14.4 Å². The second-order valence-electron chi connectivity index (χ2n) is 7.70. The molecule has 0 unspecified atom stereocenters. The predicted molar refractivity (Wildman–Crippen MR) is 95.6 cm³/mol. The Bertz CT molecular complexity index is 509. The Balaban J connectivity index is 1.41. The number of carbonyl (C=O) groups is 3. The first-order valence-corrected chi connectivity index (χ1v) is 9.96. The predicted octanol–water partition coefficient (Wildman–Crippen LogP) is 2.95. The number of likely N-dealkylation sites (tertiary alicyclic amines) is 1. The van der Waals surface area contributed by atoms with E-state index in [1.165, 1.54) is 37.0 Å². The first kappa shape index (κ1) is 18.2. The fraction of sp³-hybridized carbons (Fsp3) is 0.750. The highest BCUT2D eigenvalue weighted by Crippen LogP contribution is 2.35. The van der Waals surface area contributed by atoms with Gasteiger partial charge in [-0.05, 0) is 32.1 Å². The standard InChI is InChI=1S/C20H30N2O3/c23-18(21-15-9-4-2-1-3-5-10-15)13-8-14-22-19(24)16-11-6-7-12-17(16)20(22)25/h6-7,15-17H,1-5,8-14H2,(H,21,23)/t16-,17-/m1/s1. The average molecular weight is 346 g/mol. The third-order valence-electron chi connectivity index (χ3n) is 5.85. The maximum absolute atomic E-state index is 12.4. The van der Waals surface area contributed by atoms with Gasteiger partial charge >= 0.3 is 0 Å². The number of carbonyl (C=O) groups excluding carboxylic acids is 3. The van der Waals surface area contributed by atoms with E-state index in [1.54, 1.807) is 0 Å². The van der Waals surface area contributed by atoms with Crippen molar-refractivity contribution < 1.29 is 14.4 Å². The summed E-state index contributed by atoms with van der Waals surface area (Å²) in [5.74, 6) is -0.356. The van der Waals surface area contributed by atoms with E-state index in [1.807, 2.05) is 12.2 Å². The number of nitrogens with one attached hydrogen (secondary N) is 1. The zero-order valence-corrected chi connectivity index (χ0v) is 15.0. The van der Waals surface area contributed by atoms with Crippen molar-refractivity contribution >= 4 is 17.7 Å². The van der Waals surface area contributed by atoms with E-state index < -0.39 is 0 Å². The summed E-state index contributed by atoms with van der Waals surface area (Å²) >= 11 is 0. The maximum Gasteiger partial charge on any atom is 0.233 e. The molecule has 0 spiro atoms. The highest BCUT2D eigenvalue weighted by Gasteiger charge is 2.46. The zero-order chi connectivity index (χ0) is 17.6. The molecular weight excluding hydrogens is 316 g/mol. The van der Waals surface area contributed by atoms with Crippen molar-refractivity contribution in [3.63, 3.8) is 0 Å². The van der Waals surface area contributed by atoms with Gasteiger partial charge in [-0.1, -0.05) is 44.3 Å². The van der Waals surface area contributed by atoms with Crippen LogP contribution < -0.4 is 5.32 Å². The third-order valence-corrected chi connectivity index (χ3v) is 5.85. The summed E-state index contributed by atoms with van der Waals surface area (Å²) in [4.78, 5) is 38.4. The van der Waals surface area contributed by atoms with E-state index >= 15 is 0 Å². The highest BCUT2D eigenvalue weighted by molar-refractivity contribution is 6.05. The molecule has 1 heterocycles. The SMILES string of the molecule is O=C(CCCN1C(=O)[C@@H]2CC=CC[C@H]2C1=O)NC1CCCCCCC1. The molecule has 5 heteroatoms. The lowest BCUT2D eigenvalue weighted by atomic mass is 9.85. The summed E-state index contributed by atoms with van der Waals surface area (Å²) in [6.45, 7) is 0.378. The number of nitrogens with zero attached hydrogens (tertiary/aromatic N) is 1. The van der Waals surface area contributed by atoms with Gasteiger partial charge in [0, 0.05) is 19.0 Å². The molecule has 2 fully saturated rings. The fourth-order valence-corrected chi connectivity index (χ4v) is 4.39. The van der Waals surface area contributed by atoms with Gasteiger partial charge in [0.15, 0.2) is 0 Å². The molecule has 3 amide bonds. The molecule has 0 bridgehead atoms. The molecule has 1 N–H and O–H groups in total. The lowest BCUT2D eigenvalue weighted by Crippen LogP contribution is -2.36. The summed E-state index contributed by atoms with van der Waals surface area (Å²) in [6, 6.07) is 0.303. The van der Waals surface area contributed by atoms with Crippen LogP contribution in [0.1, 0.15) is 70.6 Å². The van der Waals surface area contributed by atoms with Gasteiger partial charge in [-0.2, -0.15) is 0 Å². The minimum atomic E-state index is -0.166. The number of fused-ring (bicyclic) bond motifs is 1. The van der Waals surface area contributed by atoms with Crippen LogP contribution in [0.15, 0.2) is 12.2 Å². The maximum atomic E-state index is 12.4. The van der Waals surface area contributed by atoms with E-state index in [4.69, 9.17) is 0 Å². The van der Waals surface area contributed by atoms with Crippen LogP contribution in [0.5, 0.6) is 0 Å². The second kappa shape index (κ2) is 8.63. The smallest absolute Gasteiger partial charge is 0.233 e. The molecule has 1 saturated heterocycles. The Morgan fingerprint density at radius 2 is 1.52 bits per heavy atom. The lowest BCUT2D eigenvalue weighted by Gasteiger charge is -2.21. The topological polar surface area (TPSA) is 66.5 Å². The van der Waals surface area contributed by atoms with Gasteiger partial charge in [-0.3, -0.25) is 19.3 Å². The van der Waals surface area contributed by atoms with Gasteiger partial charge < -0.3 is 5.32 Å². The zero-order valence-electron chi connectivity index (χ0n) is 15.0. The van der Waals surface area contributed by atoms with Crippen LogP contribution in [0, 0.1) is 11.8 Å². The molecule has 0 aromatic rings. The molecule has 5 nitrogen and oxygen atoms in total. The minimum Gasteiger partial charge on any atom is -0.353 e. The first-order valence-electron chi connectivity index (χ1n) is 9.96. The van der Waals surface area contributed by atoms with Crippen LogP contribution in [-0.2, 0) is 14.4 Å². The van der Waals surface area contributed by atoms with Gasteiger partial charge in [0.25, 0.3) is 0 Å². The summed E-state index contributed by atoms with van der Waals surface area (Å²) in [6.07, 6.45) is 14.7. The molecule has 1 aliphatic heterocycles. The van der Waals surface area contributed by atoms with E-state index in [0.29, 0.717) is 38.3 Å². The van der Waals surface area contributed by atoms with Gasteiger partial charge in [-0.25, -0.2) is 0 Å². The summed E-state index contributed by atoms with van der Waals surface area (Å²) in [5.41, 5.74) is 0.